The molecule has 0 aliphatic heterocycles. The molecule has 3 aromatic rings. The van der Waals surface area contributed by atoms with Gasteiger partial charge in [0, 0.05) is 17.8 Å². The molecule has 0 saturated heterocycles. The molecular weight excluding hydrogens is 510 g/mol. The van der Waals surface area contributed by atoms with Gasteiger partial charge in [0.15, 0.2) is 34.5 Å². The fourth-order valence-corrected chi connectivity index (χ4v) is 4.01. The van der Waals surface area contributed by atoms with Crippen molar-refractivity contribution in [1.82, 2.24) is 0 Å². The normalized spacial score (nSPS) is 10.9. The zero-order chi connectivity index (χ0) is 27.7. The highest BCUT2D eigenvalue weighted by atomic mass is 35.5. The van der Waals surface area contributed by atoms with Crippen LogP contribution in [0.4, 0.5) is 5.69 Å². The topological polar surface area (TPSA) is 84.5 Å². The lowest BCUT2D eigenvalue weighted by Gasteiger charge is -2.13. The van der Waals surface area contributed by atoms with E-state index in [1.165, 1.54) is 33.6 Å². The van der Waals surface area contributed by atoms with Crippen LogP contribution in [-0.4, -0.2) is 48.4 Å². The lowest BCUT2D eigenvalue weighted by Crippen LogP contribution is -1.99. The fraction of sp³-hybridized carbons (Fsp3) is 0.207. The van der Waals surface area contributed by atoms with Gasteiger partial charge in [0.05, 0.1) is 53.4 Å². The van der Waals surface area contributed by atoms with E-state index in [9.17, 15) is 4.79 Å². The standard InChI is InChI=1S/C29H30ClNO7/c1-33-24-10-9-20(17-25(24)34-2)23(32)11-12-31-22-14-18(13-21(30)28(22)37-5)7-8-19-15-26(35-3)29(38-6)27(16-19)36-4/h7-17,31H,1-6H3. The predicted molar refractivity (Wildman–Crippen MR) is 150 cm³/mol. The minimum atomic E-state index is -0.220. The van der Waals surface area contributed by atoms with Gasteiger partial charge >= 0.3 is 0 Å². The predicted octanol–water partition coefficient (Wildman–Crippen LogP) is 6.37. The number of carbonyl (C=O) groups excluding carboxylic acids is 1. The van der Waals surface area contributed by atoms with Crippen molar-refractivity contribution >= 4 is 35.2 Å². The molecule has 0 fully saturated rings. The zero-order valence-electron chi connectivity index (χ0n) is 22.1. The van der Waals surface area contributed by atoms with Crippen LogP contribution in [0.2, 0.25) is 5.02 Å². The van der Waals surface area contributed by atoms with Crippen LogP contribution in [0, 0.1) is 0 Å². The Labute approximate surface area is 227 Å². The van der Waals surface area contributed by atoms with Crippen molar-refractivity contribution in [2.24, 2.45) is 0 Å². The van der Waals surface area contributed by atoms with Gasteiger partial charge in [-0.25, -0.2) is 0 Å². The number of benzene rings is 3. The van der Waals surface area contributed by atoms with Crippen molar-refractivity contribution in [2.45, 2.75) is 0 Å². The van der Waals surface area contributed by atoms with Crippen LogP contribution < -0.4 is 33.7 Å². The van der Waals surface area contributed by atoms with Crippen LogP contribution in [0.15, 0.2) is 54.7 Å². The number of allylic oxidation sites excluding steroid dienone is 1. The molecule has 0 unspecified atom stereocenters. The van der Waals surface area contributed by atoms with Gasteiger partial charge in [0.2, 0.25) is 5.75 Å². The van der Waals surface area contributed by atoms with E-state index in [1.54, 1.807) is 45.6 Å². The largest absolute Gasteiger partial charge is 0.493 e. The Morgan fingerprint density at radius 1 is 0.684 bits per heavy atom. The van der Waals surface area contributed by atoms with Crippen LogP contribution in [0.3, 0.4) is 0 Å². The van der Waals surface area contributed by atoms with Gasteiger partial charge in [-0.3, -0.25) is 4.79 Å². The van der Waals surface area contributed by atoms with Gasteiger partial charge in [-0.15, -0.1) is 0 Å². The van der Waals surface area contributed by atoms with Gasteiger partial charge < -0.3 is 33.7 Å². The second kappa shape index (κ2) is 13.3. The van der Waals surface area contributed by atoms with E-state index in [-0.39, 0.29) is 5.78 Å². The van der Waals surface area contributed by atoms with E-state index in [4.69, 9.17) is 40.0 Å². The number of hydrogen-bond donors (Lipinski definition) is 1. The van der Waals surface area contributed by atoms with Gasteiger partial charge in [0.25, 0.3) is 0 Å². The van der Waals surface area contributed by atoms with Crippen LogP contribution >= 0.6 is 11.6 Å². The Morgan fingerprint density at radius 3 is 1.82 bits per heavy atom. The van der Waals surface area contributed by atoms with Gasteiger partial charge in [-0.05, 0) is 53.6 Å². The summed E-state index contributed by atoms with van der Waals surface area (Å²) >= 11 is 6.48. The number of nitrogens with one attached hydrogen (secondary N) is 1. The van der Waals surface area contributed by atoms with Gasteiger partial charge in [0.1, 0.15) is 0 Å². The van der Waals surface area contributed by atoms with Crippen molar-refractivity contribution in [2.75, 3.05) is 48.0 Å². The van der Waals surface area contributed by atoms with E-state index in [1.807, 2.05) is 30.4 Å². The molecule has 0 aromatic heterocycles. The molecule has 0 amide bonds. The molecule has 0 heterocycles. The molecule has 0 spiro atoms. The van der Waals surface area contributed by atoms with E-state index < -0.39 is 0 Å². The minimum absolute atomic E-state index is 0.220. The van der Waals surface area contributed by atoms with Crippen LogP contribution in [0.1, 0.15) is 21.5 Å². The average molecular weight is 540 g/mol. The summed E-state index contributed by atoms with van der Waals surface area (Å²) in [6.45, 7) is 0. The molecule has 38 heavy (non-hydrogen) atoms. The third kappa shape index (κ3) is 6.52. The molecular formula is C29H30ClNO7. The number of rotatable bonds is 12. The molecule has 0 atom stereocenters. The number of halogens is 1. The van der Waals surface area contributed by atoms with E-state index in [0.29, 0.717) is 50.8 Å². The van der Waals surface area contributed by atoms with Crippen molar-refractivity contribution in [3.8, 4) is 34.5 Å². The molecule has 0 bridgehead atoms. The van der Waals surface area contributed by atoms with E-state index >= 15 is 0 Å². The molecule has 9 heteroatoms. The van der Waals surface area contributed by atoms with Crippen molar-refractivity contribution < 1.29 is 33.2 Å². The zero-order valence-corrected chi connectivity index (χ0v) is 22.8. The quantitative estimate of drug-likeness (QED) is 0.161. The van der Waals surface area contributed by atoms with E-state index in [2.05, 4.69) is 5.32 Å². The number of anilines is 1. The molecule has 3 aromatic carbocycles. The Balaban J connectivity index is 1.84. The summed E-state index contributed by atoms with van der Waals surface area (Å²) in [5, 5.41) is 3.49. The highest BCUT2D eigenvalue weighted by Crippen LogP contribution is 2.39. The van der Waals surface area contributed by atoms with E-state index in [0.717, 1.165) is 11.1 Å². The minimum Gasteiger partial charge on any atom is -0.493 e. The Morgan fingerprint density at radius 2 is 1.26 bits per heavy atom. The summed E-state index contributed by atoms with van der Waals surface area (Å²) < 4.78 is 32.2. The average Bonchev–Trinajstić information content (AvgIpc) is 2.94. The summed E-state index contributed by atoms with van der Waals surface area (Å²) in [4.78, 5) is 12.7. The van der Waals surface area contributed by atoms with Crippen LogP contribution in [0.25, 0.3) is 12.2 Å². The van der Waals surface area contributed by atoms with Gasteiger partial charge in [-0.2, -0.15) is 0 Å². The maximum atomic E-state index is 12.7. The Bertz CT molecular complexity index is 1330. The lowest BCUT2D eigenvalue weighted by molar-refractivity contribution is 0.104. The SMILES string of the molecule is COc1ccc(C(=O)C=CNc2cc(C=Cc3cc(OC)c(OC)c(OC)c3)cc(Cl)c2OC)cc1OC. The number of hydrogen-bond acceptors (Lipinski definition) is 8. The monoisotopic (exact) mass is 539 g/mol. The van der Waals surface area contributed by atoms with Crippen molar-refractivity contribution in [3.05, 3.63) is 76.5 Å². The molecule has 3 rings (SSSR count). The van der Waals surface area contributed by atoms with Crippen molar-refractivity contribution in [1.29, 1.82) is 0 Å². The maximum absolute atomic E-state index is 12.7. The molecule has 8 nitrogen and oxygen atoms in total. The number of ketones is 1. The molecule has 0 aliphatic rings. The number of carbonyl (C=O) groups is 1. The summed E-state index contributed by atoms with van der Waals surface area (Å²) in [6, 6.07) is 12.3. The second-order valence-electron chi connectivity index (χ2n) is 7.79. The summed E-state index contributed by atoms with van der Waals surface area (Å²) in [7, 11) is 9.26. The van der Waals surface area contributed by atoms with Crippen LogP contribution in [-0.2, 0) is 0 Å². The van der Waals surface area contributed by atoms with Crippen LogP contribution in [0.5, 0.6) is 34.5 Å². The first kappa shape index (κ1) is 28.3. The van der Waals surface area contributed by atoms with Crippen molar-refractivity contribution in [3.63, 3.8) is 0 Å². The number of ether oxygens (including phenoxy) is 6. The molecule has 1 N–H and O–H groups in total. The second-order valence-corrected chi connectivity index (χ2v) is 8.19. The highest BCUT2D eigenvalue weighted by Gasteiger charge is 2.13. The van der Waals surface area contributed by atoms with Gasteiger partial charge in [-0.1, -0.05) is 23.8 Å². The smallest absolute Gasteiger partial charge is 0.203 e. The maximum Gasteiger partial charge on any atom is 0.203 e. The first-order chi connectivity index (χ1) is 18.4. The molecule has 200 valence electrons. The summed E-state index contributed by atoms with van der Waals surface area (Å²) in [5.41, 5.74) is 2.67. The summed E-state index contributed by atoms with van der Waals surface area (Å²) in [5.74, 6) is 2.85. The Hall–Kier alpha value is -4.30. The molecule has 0 radical (unpaired) electrons. The number of methoxy groups -OCH3 is 6. The summed E-state index contributed by atoms with van der Waals surface area (Å²) in [6.07, 6.45) is 6.71. The third-order valence-electron chi connectivity index (χ3n) is 5.57. The third-order valence-corrected chi connectivity index (χ3v) is 5.85. The molecule has 0 saturated carbocycles. The Kier molecular flexibility index (Phi) is 9.90. The fourth-order valence-electron chi connectivity index (χ4n) is 3.71. The molecule has 0 aliphatic carbocycles. The first-order valence-electron chi connectivity index (χ1n) is 11.4. The highest BCUT2D eigenvalue weighted by molar-refractivity contribution is 6.32. The first-order valence-corrected chi connectivity index (χ1v) is 11.8. The lowest BCUT2D eigenvalue weighted by atomic mass is 10.1.